The van der Waals surface area contributed by atoms with Crippen LogP contribution in [0.1, 0.15) is 27.8 Å². The fourth-order valence-electron chi connectivity index (χ4n) is 12.3. The number of hydrogen-bond acceptors (Lipinski definition) is 9. The van der Waals surface area contributed by atoms with Gasteiger partial charge in [-0.25, -0.2) is 0 Å². The SMILES string of the molecule is N#Cc1c(-c2ccccc2)cc(-c2ccc3c(c2)sc2ccccc23)c(C#N)c1-c1cccc2oc3ccccc3c12.N#Cc1cc(C#N)c(-c2cc(-c3ccc4c(c3)sc3ccccc34)cc(-c3cccc4oc5ccccc5c34)c2)c(C#N)c1. The van der Waals surface area contributed by atoms with Crippen LogP contribution in [0, 0.1) is 56.7 Å². The van der Waals surface area contributed by atoms with Gasteiger partial charge >= 0.3 is 0 Å². The topological polar surface area (TPSA) is 145 Å². The van der Waals surface area contributed by atoms with Gasteiger partial charge in [0.05, 0.1) is 46.0 Å². The number of nitrogens with zero attached hydrogens (tertiary/aromatic N) is 5. The van der Waals surface area contributed by atoms with Crippen molar-refractivity contribution >= 4 is 107 Å². The number of fused-ring (bicyclic) bond motifs is 12. The summed E-state index contributed by atoms with van der Waals surface area (Å²) in [5.74, 6) is 0. The van der Waals surface area contributed by atoms with Crippen LogP contribution in [-0.2, 0) is 0 Å². The van der Waals surface area contributed by atoms with Crippen LogP contribution in [0.4, 0.5) is 0 Å². The Bertz CT molecular complexity index is 5710. The Morgan fingerprint density at radius 1 is 0.267 bits per heavy atom. The van der Waals surface area contributed by atoms with Crippen LogP contribution in [-0.4, -0.2) is 0 Å². The Kier molecular flexibility index (Phi) is 12.4. The summed E-state index contributed by atoms with van der Waals surface area (Å²) in [4.78, 5) is 0. The number of benzene rings is 12. The number of rotatable bonds is 6. The number of hydrogen-bond donors (Lipinski definition) is 0. The van der Waals surface area contributed by atoms with E-state index in [1.807, 2.05) is 121 Å². The molecule has 0 unspecified atom stereocenters. The van der Waals surface area contributed by atoms with Crippen molar-refractivity contribution in [1.29, 1.82) is 26.3 Å². The maximum atomic E-state index is 10.8. The lowest BCUT2D eigenvalue weighted by Crippen LogP contribution is -1.98. The van der Waals surface area contributed by atoms with Crippen molar-refractivity contribution in [2.24, 2.45) is 0 Å². The summed E-state index contributed by atoms with van der Waals surface area (Å²) in [6, 6.07) is 90.4. The van der Waals surface area contributed by atoms with Gasteiger partial charge in [0.15, 0.2) is 0 Å². The number of nitriles is 5. The van der Waals surface area contributed by atoms with Gasteiger partial charge in [-0.15, -0.1) is 22.7 Å². The lowest BCUT2D eigenvalue weighted by Gasteiger charge is -2.17. The molecule has 0 aliphatic rings. The first-order chi connectivity index (χ1) is 42.4. The Labute approximate surface area is 500 Å². The average Bonchev–Trinajstić information content (AvgIpc) is 1.54. The molecule has 0 saturated carbocycles. The van der Waals surface area contributed by atoms with E-state index >= 15 is 0 Å². The summed E-state index contributed by atoms with van der Waals surface area (Å²) in [6.45, 7) is 0. The van der Waals surface area contributed by atoms with Crippen LogP contribution in [0.25, 0.3) is 151 Å². The fraction of sp³-hybridized carbons (Fsp3) is 0. The molecule has 16 rings (SSSR count). The first-order valence-corrected chi connectivity index (χ1v) is 29.3. The van der Waals surface area contributed by atoms with E-state index in [-0.39, 0.29) is 16.7 Å². The van der Waals surface area contributed by atoms with Gasteiger partial charge in [-0.05, 0) is 129 Å². The number of furan rings is 2. The minimum Gasteiger partial charge on any atom is -0.456 e. The molecule has 0 spiro atoms. The third-order valence-corrected chi connectivity index (χ3v) is 18.4. The zero-order valence-electron chi connectivity index (χ0n) is 45.4. The van der Waals surface area contributed by atoms with Crippen molar-refractivity contribution in [3.8, 4) is 97.1 Å². The van der Waals surface area contributed by atoms with Crippen LogP contribution in [0.2, 0.25) is 0 Å². The Hall–Kier alpha value is -11.9. The van der Waals surface area contributed by atoms with Gasteiger partial charge in [0.2, 0.25) is 0 Å². The molecule has 0 aliphatic carbocycles. The minimum atomic E-state index is 0.281. The summed E-state index contributed by atoms with van der Waals surface area (Å²) in [5, 5.41) is 60.0. The van der Waals surface area contributed by atoms with Gasteiger partial charge < -0.3 is 8.83 Å². The van der Waals surface area contributed by atoms with E-state index in [2.05, 4.69) is 133 Å². The maximum Gasteiger partial charge on any atom is 0.136 e. The van der Waals surface area contributed by atoms with Crippen molar-refractivity contribution in [2.45, 2.75) is 0 Å². The van der Waals surface area contributed by atoms with Crippen LogP contribution in [0.5, 0.6) is 0 Å². The molecule has 0 N–H and O–H groups in total. The molecule has 0 amide bonds. The molecule has 4 aromatic heterocycles. The highest BCUT2D eigenvalue weighted by Gasteiger charge is 2.26. The lowest BCUT2D eigenvalue weighted by molar-refractivity contribution is 0.668. The average molecular weight is 1130 g/mol. The van der Waals surface area contributed by atoms with E-state index in [0.717, 1.165) is 104 Å². The van der Waals surface area contributed by atoms with Gasteiger partial charge in [0.25, 0.3) is 0 Å². The molecule has 0 fully saturated rings. The first-order valence-electron chi connectivity index (χ1n) is 27.6. The van der Waals surface area contributed by atoms with Crippen molar-refractivity contribution in [3.63, 3.8) is 0 Å². The lowest BCUT2D eigenvalue weighted by atomic mass is 9.83. The van der Waals surface area contributed by atoms with Gasteiger partial charge in [-0.2, -0.15) is 26.3 Å². The van der Waals surface area contributed by atoms with E-state index < -0.39 is 0 Å². The van der Waals surface area contributed by atoms with Crippen molar-refractivity contribution in [3.05, 3.63) is 264 Å². The third-order valence-electron chi connectivity index (χ3n) is 16.2. The molecule has 4 heterocycles. The van der Waals surface area contributed by atoms with Crippen LogP contribution in [0.15, 0.2) is 245 Å². The van der Waals surface area contributed by atoms with Gasteiger partial charge in [-0.1, -0.05) is 152 Å². The van der Waals surface area contributed by atoms with Crippen LogP contribution in [0.3, 0.4) is 0 Å². The van der Waals surface area contributed by atoms with E-state index in [1.165, 1.54) is 35.6 Å². The zero-order chi connectivity index (χ0) is 58.0. The van der Waals surface area contributed by atoms with E-state index in [4.69, 9.17) is 8.83 Å². The van der Waals surface area contributed by atoms with Crippen molar-refractivity contribution < 1.29 is 8.83 Å². The Morgan fingerprint density at radius 3 is 1.31 bits per heavy atom. The zero-order valence-corrected chi connectivity index (χ0v) is 47.0. The maximum absolute atomic E-state index is 10.8. The minimum absolute atomic E-state index is 0.281. The van der Waals surface area contributed by atoms with Gasteiger partial charge in [0.1, 0.15) is 34.5 Å². The number of para-hydroxylation sites is 2. The van der Waals surface area contributed by atoms with E-state index in [1.54, 1.807) is 34.8 Å². The molecular weight excluding hydrogens is 1090 g/mol. The smallest absolute Gasteiger partial charge is 0.136 e. The quantitative estimate of drug-likeness (QED) is 0.161. The highest BCUT2D eigenvalue weighted by molar-refractivity contribution is 7.26. The summed E-state index contributed by atoms with van der Waals surface area (Å²) in [7, 11) is 0. The molecule has 0 saturated heterocycles. The third kappa shape index (κ3) is 8.42. The second kappa shape index (κ2) is 20.8. The van der Waals surface area contributed by atoms with Gasteiger partial charge in [-0.3, -0.25) is 0 Å². The standard InChI is InChI=1S/C39H19N3OS.C38H20N2OS/c40-20-23-14-28(21-41)38(29(15-23)22-42)27-17-25(24-12-13-32-31-6-2-4-11-36(31)44-37(32)19-24)16-26(18-27)30-8-5-10-35-39(30)33-7-1-3-9-34(33)43-35;39-21-31-29(23-9-2-1-3-10-23)20-30(24-17-18-26-25-11-5-7-16-35(25)42-36(26)19-24)32(22-40)37(31)28-13-8-15-34-38(28)27-12-4-6-14-33(27)41-34/h1-19H;1-20H. The van der Waals surface area contributed by atoms with Crippen molar-refractivity contribution in [2.75, 3.05) is 0 Å². The highest BCUT2D eigenvalue weighted by atomic mass is 32.1. The summed E-state index contributed by atoms with van der Waals surface area (Å²) in [6.07, 6.45) is 0. The molecule has 86 heavy (non-hydrogen) atoms. The largest absolute Gasteiger partial charge is 0.456 e. The Morgan fingerprint density at radius 2 is 0.733 bits per heavy atom. The number of thiophene rings is 2. The highest BCUT2D eigenvalue weighted by Crippen LogP contribution is 2.47. The summed E-state index contributed by atoms with van der Waals surface area (Å²) < 4.78 is 17.2. The molecular formula is C77H39N5O2S2. The molecule has 12 aromatic carbocycles. The van der Waals surface area contributed by atoms with Crippen LogP contribution >= 0.6 is 22.7 Å². The monoisotopic (exact) mass is 1130 g/mol. The molecule has 7 nitrogen and oxygen atoms in total. The van der Waals surface area contributed by atoms with Gasteiger partial charge in [0, 0.05) is 84.1 Å². The molecule has 16 aromatic rings. The first kappa shape index (κ1) is 51.0. The van der Waals surface area contributed by atoms with E-state index in [0.29, 0.717) is 22.3 Å². The Balaban J connectivity index is 0.000000145. The summed E-state index contributed by atoms with van der Waals surface area (Å²) in [5.41, 5.74) is 15.0. The predicted octanol–water partition coefficient (Wildman–Crippen LogP) is 21.3. The van der Waals surface area contributed by atoms with E-state index in [9.17, 15) is 26.3 Å². The molecule has 396 valence electrons. The summed E-state index contributed by atoms with van der Waals surface area (Å²) >= 11 is 3.51. The normalized spacial score (nSPS) is 11.2. The molecule has 0 atom stereocenters. The molecule has 0 aliphatic heterocycles. The fourth-order valence-corrected chi connectivity index (χ4v) is 14.6. The molecule has 9 heteroatoms. The second-order valence-electron chi connectivity index (χ2n) is 20.9. The second-order valence-corrected chi connectivity index (χ2v) is 23.1. The molecule has 0 bridgehead atoms. The van der Waals surface area contributed by atoms with Crippen LogP contribution < -0.4 is 0 Å². The predicted molar refractivity (Wildman–Crippen MR) is 349 cm³/mol. The van der Waals surface area contributed by atoms with Crippen molar-refractivity contribution in [1.82, 2.24) is 0 Å². The molecule has 0 radical (unpaired) electrons.